The number of hydrogen-bond acceptors (Lipinski definition) is 5. The normalized spacial score (nSPS) is 15.5. The van der Waals surface area contributed by atoms with E-state index in [9.17, 15) is 9.18 Å². The highest BCUT2D eigenvalue weighted by molar-refractivity contribution is 7.09. The van der Waals surface area contributed by atoms with Crippen LogP contribution in [0.5, 0.6) is 0 Å². The lowest BCUT2D eigenvalue weighted by Gasteiger charge is -2.36. The van der Waals surface area contributed by atoms with Crippen LogP contribution in [-0.4, -0.2) is 55.1 Å². The zero-order valence-electron chi connectivity index (χ0n) is 14.8. The molecule has 0 aliphatic carbocycles. The third kappa shape index (κ3) is 5.37. The molecule has 1 aromatic carbocycles. The Balaban J connectivity index is 1.35. The average molecular weight is 374 g/mol. The van der Waals surface area contributed by atoms with E-state index < -0.39 is 0 Å². The first-order valence-electron chi connectivity index (χ1n) is 8.71. The molecular weight excluding hydrogens is 351 g/mol. The fourth-order valence-corrected chi connectivity index (χ4v) is 3.48. The number of amides is 1. The third-order valence-electron chi connectivity index (χ3n) is 4.33. The van der Waals surface area contributed by atoms with Crippen molar-refractivity contribution in [3.05, 3.63) is 52.2 Å². The van der Waals surface area contributed by atoms with Crippen molar-refractivity contribution in [2.45, 2.75) is 6.92 Å². The van der Waals surface area contributed by atoms with Gasteiger partial charge in [-0.05, 0) is 37.3 Å². The molecule has 7 heteroatoms. The molecule has 1 amide bonds. The zero-order chi connectivity index (χ0) is 18.4. The molecule has 26 heavy (non-hydrogen) atoms. The summed E-state index contributed by atoms with van der Waals surface area (Å²) < 4.78 is 13.0. The second kappa shape index (κ2) is 8.91. The highest BCUT2D eigenvalue weighted by atomic mass is 32.1. The van der Waals surface area contributed by atoms with Gasteiger partial charge in [-0.3, -0.25) is 9.69 Å². The topological polar surface area (TPSA) is 48.5 Å². The van der Waals surface area contributed by atoms with Crippen molar-refractivity contribution in [2.24, 2.45) is 0 Å². The predicted octanol–water partition coefficient (Wildman–Crippen LogP) is 2.54. The van der Waals surface area contributed by atoms with Gasteiger partial charge < -0.3 is 10.2 Å². The van der Waals surface area contributed by atoms with Gasteiger partial charge in [0.25, 0.3) is 0 Å². The summed E-state index contributed by atoms with van der Waals surface area (Å²) in [5.41, 5.74) is 1.88. The molecule has 1 N–H and O–H groups in total. The summed E-state index contributed by atoms with van der Waals surface area (Å²) in [6, 6.07) is 6.64. The van der Waals surface area contributed by atoms with Crippen LogP contribution in [0.25, 0.3) is 6.08 Å². The summed E-state index contributed by atoms with van der Waals surface area (Å²) in [6.07, 6.45) is 3.27. The molecule has 0 bridgehead atoms. The smallest absolute Gasteiger partial charge is 0.244 e. The third-order valence-corrected chi connectivity index (χ3v) is 5.13. The van der Waals surface area contributed by atoms with E-state index in [-0.39, 0.29) is 11.7 Å². The van der Waals surface area contributed by atoms with E-state index in [1.807, 2.05) is 24.4 Å². The number of hydrogen-bond donors (Lipinski definition) is 1. The summed E-state index contributed by atoms with van der Waals surface area (Å²) in [4.78, 5) is 20.7. The Morgan fingerprint density at radius 1 is 1.27 bits per heavy atom. The first-order chi connectivity index (χ1) is 12.6. The van der Waals surface area contributed by atoms with Gasteiger partial charge in [-0.15, -0.1) is 11.3 Å². The number of nitrogens with zero attached hydrogens (tertiary/aromatic N) is 3. The minimum Gasteiger partial charge on any atom is -0.369 e. The molecule has 0 radical (unpaired) electrons. The van der Waals surface area contributed by atoms with E-state index in [1.54, 1.807) is 17.4 Å². The molecule has 0 spiro atoms. The van der Waals surface area contributed by atoms with Crippen LogP contribution < -0.4 is 10.2 Å². The van der Waals surface area contributed by atoms with Crippen LogP contribution in [-0.2, 0) is 4.79 Å². The molecule has 0 saturated carbocycles. The Labute approximate surface area is 157 Å². The standard InChI is InChI=1S/C19H23FN4OS/c1-15-22-17(14-26-15)4-7-19(25)21-8-9-23-10-12-24(13-11-23)18-5-2-16(20)3-6-18/h2-7,14H,8-13H2,1H3,(H,21,25)/b7-4+. The Bertz CT molecular complexity index is 751. The zero-order valence-corrected chi connectivity index (χ0v) is 15.6. The quantitative estimate of drug-likeness (QED) is 0.790. The monoisotopic (exact) mass is 374 g/mol. The Hall–Kier alpha value is -2.25. The number of benzene rings is 1. The average Bonchev–Trinajstić information content (AvgIpc) is 3.07. The fourth-order valence-electron chi connectivity index (χ4n) is 2.90. The van der Waals surface area contributed by atoms with Gasteiger partial charge in [-0.2, -0.15) is 0 Å². The maximum absolute atomic E-state index is 13.0. The number of carbonyl (C=O) groups is 1. The van der Waals surface area contributed by atoms with Crippen molar-refractivity contribution in [1.82, 2.24) is 15.2 Å². The molecule has 1 aliphatic rings. The summed E-state index contributed by atoms with van der Waals surface area (Å²) in [7, 11) is 0. The van der Waals surface area contributed by atoms with Gasteiger partial charge in [0.05, 0.1) is 10.7 Å². The van der Waals surface area contributed by atoms with Crippen LogP contribution in [0, 0.1) is 12.7 Å². The lowest BCUT2D eigenvalue weighted by atomic mass is 10.2. The maximum atomic E-state index is 13.0. The van der Waals surface area contributed by atoms with Crippen LogP contribution in [0.3, 0.4) is 0 Å². The van der Waals surface area contributed by atoms with E-state index in [1.165, 1.54) is 18.2 Å². The van der Waals surface area contributed by atoms with E-state index in [2.05, 4.69) is 20.1 Å². The predicted molar refractivity (Wildman–Crippen MR) is 104 cm³/mol. The van der Waals surface area contributed by atoms with E-state index >= 15 is 0 Å². The summed E-state index contributed by atoms with van der Waals surface area (Å²) >= 11 is 1.57. The highest BCUT2D eigenvalue weighted by Crippen LogP contribution is 2.16. The molecule has 5 nitrogen and oxygen atoms in total. The number of nitrogens with one attached hydrogen (secondary N) is 1. The minimum atomic E-state index is -0.206. The number of aryl methyl sites for hydroxylation is 1. The Morgan fingerprint density at radius 2 is 2.00 bits per heavy atom. The second-order valence-corrected chi connectivity index (χ2v) is 7.28. The van der Waals surface area contributed by atoms with Gasteiger partial charge in [-0.1, -0.05) is 0 Å². The van der Waals surface area contributed by atoms with Crippen molar-refractivity contribution in [3.63, 3.8) is 0 Å². The minimum absolute atomic E-state index is 0.0967. The van der Waals surface area contributed by atoms with Gasteiger partial charge in [0.2, 0.25) is 5.91 Å². The van der Waals surface area contributed by atoms with Gasteiger partial charge in [0.15, 0.2) is 0 Å². The van der Waals surface area contributed by atoms with Crippen molar-refractivity contribution in [3.8, 4) is 0 Å². The molecule has 0 atom stereocenters. The van der Waals surface area contributed by atoms with Crippen LogP contribution in [0.2, 0.25) is 0 Å². The second-order valence-electron chi connectivity index (χ2n) is 6.22. The molecule has 3 rings (SSSR count). The number of thiazole rings is 1. The largest absolute Gasteiger partial charge is 0.369 e. The molecule has 0 unspecified atom stereocenters. The highest BCUT2D eigenvalue weighted by Gasteiger charge is 2.16. The first-order valence-corrected chi connectivity index (χ1v) is 9.59. The van der Waals surface area contributed by atoms with Crippen LogP contribution in [0.1, 0.15) is 10.7 Å². The Morgan fingerprint density at radius 3 is 2.65 bits per heavy atom. The molecule has 1 fully saturated rings. The molecular formula is C19H23FN4OS. The van der Waals surface area contributed by atoms with Crippen molar-refractivity contribution in [1.29, 1.82) is 0 Å². The lowest BCUT2D eigenvalue weighted by molar-refractivity contribution is -0.116. The van der Waals surface area contributed by atoms with Crippen molar-refractivity contribution < 1.29 is 9.18 Å². The van der Waals surface area contributed by atoms with Gasteiger partial charge in [0.1, 0.15) is 5.82 Å². The van der Waals surface area contributed by atoms with Crippen molar-refractivity contribution in [2.75, 3.05) is 44.2 Å². The van der Waals surface area contributed by atoms with E-state index in [4.69, 9.17) is 0 Å². The molecule has 138 valence electrons. The lowest BCUT2D eigenvalue weighted by Crippen LogP contribution is -2.48. The molecule has 1 aliphatic heterocycles. The first kappa shape index (κ1) is 18.5. The van der Waals surface area contributed by atoms with Crippen LogP contribution in [0.4, 0.5) is 10.1 Å². The van der Waals surface area contributed by atoms with E-state index in [0.29, 0.717) is 6.54 Å². The molecule has 2 aromatic rings. The van der Waals surface area contributed by atoms with Crippen LogP contribution >= 0.6 is 11.3 Å². The van der Waals surface area contributed by atoms with Gasteiger partial charge in [-0.25, -0.2) is 9.37 Å². The number of anilines is 1. The molecule has 1 aromatic heterocycles. The maximum Gasteiger partial charge on any atom is 0.244 e. The number of carbonyl (C=O) groups excluding carboxylic acids is 1. The Kier molecular flexibility index (Phi) is 6.35. The number of rotatable bonds is 6. The summed E-state index contributed by atoms with van der Waals surface area (Å²) in [5, 5.41) is 5.83. The number of aromatic nitrogens is 1. The molecule has 1 saturated heterocycles. The van der Waals surface area contributed by atoms with Crippen molar-refractivity contribution >= 4 is 29.0 Å². The van der Waals surface area contributed by atoms with Gasteiger partial charge in [0, 0.05) is 56.4 Å². The van der Waals surface area contributed by atoms with Crippen LogP contribution in [0.15, 0.2) is 35.7 Å². The summed E-state index contributed by atoms with van der Waals surface area (Å²) in [6.45, 7) is 7.06. The fraction of sp³-hybridized carbons (Fsp3) is 0.368. The number of halogens is 1. The molecule has 2 heterocycles. The van der Waals surface area contributed by atoms with Gasteiger partial charge >= 0.3 is 0 Å². The number of piperazine rings is 1. The SMILES string of the molecule is Cc1nc(/C=C/C(=O)NCCN2CCN(c3ccc(F)cc3)CC2)cs1. The van der Waals surface area contributed by atoms with E-state index in [0.717, 1.165) is 49.1 Å². The summed E-state index contributed by atoms with van der Waals surface area (Å²) in [5.74, 6) is -0.303.